The van der Waals surface area contributed by atoms with Crippen LogP contribution < -0.4 is 4.74 Å². The van der Waals surface area contributed by atoms with Gasteiger partial charge in [-0.1, -0.05) is 37.3 Å². The van der Waals surface area contributed by atoms with E-state index in [0.29, 0.717) is 5.91 Å². The summed E-state index contributed by atoms with van der Waals surface area (Å²) in [5.74, 6) is 3.11. The van der Waals surface area contributed by atoms with Crippen molar-refractivity contribution in [1.82, 2.24) is 9.80 Å². The van der Waals surface area contributed by atoms with Gasteiger partial charge in [-0.25, -0.2) is 0 Å². The predicted molar refractivity (Wildman–Crippen MR) is 116 cm³/mol. The van der Waals surface area contributed by atoms with Gasteiger partial charge in [0.2, 0.25) is 5.91 Å². The van der Waals surface area contributed by atoms with Crippen LogP contribution in [0.2, 0.25) is 0 Å². The molecule has 0 aromatic heterocycles. The lowest BCUT2D eigenvalue weighted by atomic mass is 9.92. The van der Waals surface area contributed by atoms with Gasteiger partial charge in [0, 0.05) is 25.6 Å². The van der Waals surface area contributed by atoms with E-state index in [1.165, 1.54) is 5.56 Å². The highest BCUT2D eigenvalue weighted by atomic mass is 16.5. The molecule has 2 aromatic carbocycles. The number of amides is 1. The molecular weight excluding hydrogens is 360 g/mol. The van der Waals surface area contributed by atoms with Gasteiger partial charge < -0.3 is 9.64 Å². The Morgan fingerprint density at radius 3 is 2.31 bits per heavy atom. The van der Waals surface area contributed by atoms with Crippen LogP contribution in [0.4, 0.5) is 0 Å². The normalized spacial score (nSPS) is 19.3. The molecule has 4 rings (SSSR count). The van der Waals surface area contributed by atoms with Crippen LogP contribution >= 0.6 is 0 Å². The number of carbonyl (C=O) groups excluding carboxylic acids is 1. The quantitative estimate of drug-likeness (QED) is 0.722. The van der Waals surface area contributed by atoms with Gasteiger partial charge in [-0.05, 0) is 74.5 Å². The van der Waals surface area contributed by atoms with E-state index in [1.54, 1.807) is 0 Å². The molecule has 1 amide bonds. The van der Waals surface area contributed by atoms with E-state index in [-0.39, 0.29) is 5.92 Å². The fourth-order valence-electron chi connectivity index (χ4n) is 4.42. The molecular formula is C25H32N2O2. The Bertz CT molecular complexity index is 791. The highest BCUT2D eigenvalue weighted by Crippen LogP contribution is 2.26. The highest BCUT2D eigenvalue weighted by Gasteiger charge is 2.30. The molecule has 0 atom stereocenters. The topological polar surface area (TPSA) is 32.8 Å². The zero-order chi connectivity index (χ0) is 20.1. The highest BCUT2D eigenvalue weighted by molar-refractivity contribution is 5.79. The summed E-state index contributed by atoms with van der Waals surface area (Å²) in [5.41, 5.74) is 1.26. The van der Waals surface area contributed by atoms with Crippen LogP contribution in [0.1, 0.15) is 38.2 Å². The minimum Gasteiger partial charge on any atom is -0.457 e. The second-order valence-electron chi connectivity index (χ2n) is 8.62. The third-order valence-corrected chi connectivity index (χ3v) is 6.32. The number of hydrogen-bond acceptors (Lipinski definition) is 3. The van der Waals surface area contributed by atoms with Crippen LogP contribution in [0.15, 0.2) is 54.6 Å². The smallest absolute Gasteiger partial charge is 0.225 e. The largest absolute Gasteiger partial charge is 0.457 e. The van der Waals surface area contributed by atoms with Gasteiger partial charge in [0.15, 0.2) is 0 Å². The molecule has 2 aliphatic heterocycles. The van der Waals surface area contributed by atoms with E-state index in [2.05, 4.69) is 34.9 Å². The molecule has 0 saturated carbocycles. The lowest BCUT2D eigenvalue weighted by Gasteiger charge is -2.36. The number of ether oxygens (including phenoxy) is 1. The van der Waals surface area contributed by atoms with Gasteiger partial charge in [0.1, 0.15) is 11.5 Å². The van der Waals surface area contributed by atoms with Gasteiger partial charge in [0.25, 0.3) is 0 Å². The molecule has 0 radical (unpaired) electrons. The number of rotatable bonds is 5. The Morgan fingerprint density at radius 2 is 1.59 bits per heavy atom. The number of carbonyl (C=O) groups is 1. The van der Waals surface area contributed by atoms with Gasteiger partial charge >= 0.3 is 0 Å². The molecule has 0 aliphatic carbocycles. The monoisotopic (exact) mass is 392 g/mol. The van der Waals surface area contributed by atoms with Gasteiger partial charge in [-0.15, -0.1) is 0 Å². The Kier molecular flexibility index (Phi) is 6.50. The summed E-state index contributed by atoms with van der Waals surface area (Å²) >= 11 is 0. The average Bonchev–Trinajstić information content (AvgIpc) is 2.75. The zero-order valence-electron chi connectivity index (χ0n) is 17.4. The van der Waals surface area contributed by atoms with Crippen LogP contribution in [0.3, 0.4) is 0 Å². The van der Waals surface area contributed by atoms with Crippen molar-refractivity contribution >= 4 is 5.91 Å². The van der Waals surface area contributed by atoms with Gasteiger partial charge in [-0.2, -0.15) is 0 Å². The van der Waals surface area contributed by atoms with Crippen molar-refractivity contribution in [3.63, 3.8) is 0 Å². The Balaban J connectivity index is 1.27. The van der Waals surface area contributed by atoms with Crippen molar-refractivity contribution in [3.05, 3.63) is 60.2 Å². The molecule has 2 saturated heterocycles. The minimum absolute atomic E-state index is 0.215. The zero-order valence-corrected chi connectivity index (χ0v) is 17.4. The maximum atomic E-state index is 12.8. The van der Waals surface area contributed by atoms with E-state index in [1.807, 2.05) is 36.4 Å². The van der Waals surface area contributed by atoms with Crippen molar-refractivity contribution in [2.75, 3.05) is 26.2 Å². The molecule has 0 bridgehead atoms. The second-order valence-corrected chi connectivity index (χ2v) is 8.62. The third-order valence-electron chi connectivity index (χ3n) is 6.32. The molecule has 154 valence electrons. The first-order valence-electron chi connectivity index (χ1n) is 11.0. The number of nitrogens with zero attached hydrogens (tertiary/aromatic N) is 2. The molecule has 4 heteroatoms. The molecule has 0 unspecified atom stereocenters. The van der Waals surface area contributed by atoms with Crippen molar-refractivity contribution in [1.29, 1.82) is 0 Å². The van der Waals surface area contributed by atoms with Crippen LogP contribution in [-0.2, 0) is 11.3 Å². The SMILES string of the molecule is CC1CCN(C(=O)C2CCN(Cc3cccc(Oc4ccccc4)c3)CC2)CC1. The summed E-state index contributed by atoms with van der Waals surface area (Å²) in [4.78, 5) is 17.4. The maximum Gasteiger partial charge on any atom is 0.225 e. The van der Waals surface area contributed by atoms with E-state index in [4.69, 9.17) is 4.74 Å². The third kappa shape index (κ3) is 5.39. The summed E-state index contributed by atoms with van der Waals surface area (Å²) in [6.07, 6.45) is 4.27. The van der Waals surface area contributed by atoms with Crippen LogP contribution in [0.25, 0.3) is 0 Å². The van der Waals surface area contributed by atoms with Crippen molar-refractivity contribution in [2.24, 2.45) is 11.8 Å². The summed E-state index contributed by atoms with van der Waals surface area (Å²) in [6, 6.07) is 18.2. The molecule has 0 spiro atoms. The maximum absolute atomic E-state index is 12.8. The molecule has 2 aromatic rings. The molecule has 4 nitrogen and oxygen atoms in total. The van der Waals surface area contributed by atoms with Gasteiger partial charge in [0.05, 0.1) is 0 Å². The fourth-order valence-corrected chi connectivity index (χ4v) is 4.42. The number of para-hydroxylation sites is 1. The van der Waals surface area contributed by atoms with Crippen LogP contribution in [0.5, 0.6) is 11.5 Å². The molecule has 2 fully saturated rings. The predicted octanol–water partition coefficient (Wildman–Crippen LogP) is 4.95. The standard InChI is InChI=1S/C25H32N2O2/c1-20-10-16-27(17-11-20)25(28)22-12-14-26(15-13-22)19-21-6-5-9-24(18-21)29-23-7-3-2-4-8-23/h2-9,18,20,22H,10-17,19H2,1H3. The Labute approximate surface area is 174 Å². The second kappa shape index (κ2) is 9.45. The number of likely N-dealkylation sites (tertiary alicyclic amines) is 2. The lowest BCUT2D eigenvalue weighted by molar-refractivity contribution is -0.138. The van der Waals surface area contributed by atoms with Crippen LogP contribution in [0, 0.1) is 11.8 Å². The Morgan fingerprint density at radius 1 is 0.897 bits per heavy atom. The molecule has 2 heterocycles. The average molecular weight is 393 g/mol. The summed E-state index contributed by atoms with van der Waals surface area (Å²) in [7, 11) is 0. The number of piperidine rings is 2. The molecule has 0 N–H and O–H groups in total. The molecule has 2 aliphatic rings. The molecule has 29 heavy (non-hydrogen) atoms. The number of hydrogen-bond donors (Lipinski definition) is 0. The van der Waals surface area contributed by atoms with E-state index >= 15 is 0 Å². The summed E-state index contributed by atoms with van der Waals surface area (Å²) < 4.78 is 5.96. The van der Waals surface area contributed by atoms with Crippen LogP contribution in [-0.4, -0.2) is 41.9 Å². The van der Waals surface area contributed by atoms with E-state index in [0.717, 1.165) is 75.8 Å². The van der Waals surface area contributed by atoms with Crippen molar-refractivity contribution in [2.45, 2.75) is 39.2 Å². The summed E-state index contributed by atoms with van der Waals surface area (Å²) in [5, 5.41) is 0. The first kappa shape index (κ1) is 20.0. The summed E-state index contributed by atoms with van der Waals surface area (Å²) in [6.45, 7) is 7.09. The van der Waals surface area contributed by atoms with Gasteiger partial charge in [-0.3, -0.25) is 9.69 Å². The number of benzene rings is 2. The lowest BCUT2D eigenvalue weighted by Crippen LogP contribution is -2.45. The van der Waals surface area contributed by atoms with E-state index < -0.39 is 0 Å². The van der Waals surface area contributed by atoms with E-state index in [9.17, 15) is 4.79 Å². The minimum atomic E-state index is 0.215. The fraction of sp³-hybridized carbons (Fsp3) is 0.480. The van der Waals surface area contributed by atoms with Crippen molar-refractivity contribution in [3.8, 4) is 11.5 Å². The first-order valence-corrected chi connectivity index (χ1v) is 11.0. The Hall–Kier alpha value is -2.33. The first-order chi connectivity index (χ1) is 14.2. The van der Waals surface area contributed by atoms with Crippen molar-refractivity contribution < 1.29 is 9.53 Å².